The van der Waals surface area contributed by atoms with Crippen LogP contribution in [0.15, 0.2) is 77.3 Å². The van der Waals surface area contributed by atoms with Gasteiger partial charge in [0.05, 0.1) is 17.6 Å². The van der Waals surface area contributed by atoms with Gasteiger partial charge in [-0.15, -0.1) is 0 Å². The van der Waals surface area contributed by atoms with E-state index in [-0.39, 0.29) is 5.82 Å². The lowest BCUT2D eigenvalue weighted by Crippen LogP contribution is -2.04. The fourth-order valence-corrected chi connectivity index (χ4v) is 3.12. The van der Waals surface area contributed by atoms with Crippen LogP contribution in [0.1, 0.15) is 5.56 Å². The first-order valence-corrected chi connectivity index (χ1v) is 8.46. The van der Waals surface area contributed by atoms with Crippen LogP contribution in [0.2, 0.25) is 0 Å². The average Bonchev–Trinajstić information content (AvgIpc) is 2.96. The lowest BCUT2D eigenvalue weighted by atomic mass is 10.2. The number of imidazole rings is 1. The van der Waals surface area contributed by atoms with Gasteiger partial charge in [0.15, 0.2) is 0 Å². The average molecular weight is 381 g/mol. The first-order chi connectivity index (χ1) is 11.7. The third-order valence-electron chi connectivity index (χ3n) is 4.04. The maximum Gasteiger partial charge on any atom is 0.141 e. The van der Waals surface area contributed by atoms with Crippen LogP contribution < -0.4 is 0 Å². The Morgan fingerprint density at radius 3 is 2.38 bits per heavy atom. The highest BCUT2D eigenvalue weighted by Gasteiger charge is 2.14. The second-order valence-electron chi connectivity index (χ2n) is 5.61. The molecule has 0 saturated heterocycles. The van der Waals surface area contributed by atoms with Gasteiger partial charge in [-0.2, -0.15) is 0 Å². The summed E-state index contributed by atoms with van der Waals surface area (Å²) >= 11 is 3.46. The number of para-hydroxylation sites is 2. The Kier molecular flexibility index (Phi) is 3.90. The summed E-state index contributed by atoms with van der Waals surface area (Å²) < 4.78 is 17.2. The van der Waals surface area contributed by atoms with E-state index in [1.807, 2.05) is 60.7 Å². The normalized spacial score (nSPS) is 11.1. The van der Waals surface area contributed by atoms with Gasteiger partial charge in [0.1, 0.15) is 11.6 Å². The van der Waals surface area contributed by atoms with Crippen molar-refractivity contribution >= 4 is 27.0 Å². The van der Waals surface area contributed by atoms with E-state index < -0.39 is 0 Å². The maximum atomic E-state index is 14.1. The highest BCUT2D eigenvalue weighted by Crippen LogP contribution is 2.27. The molecule has 0 bridgehead atoms. The lowest BCUT2D eigenvalue weighted by molar-refractivity contribution is 0.602. The number of hydrogen-bond acceptors (Lipinski definition) is 1. The van der Waals surface area contributed by atoms with Crippen molar-refractivity contribution in [3.05, 3.63) is 88.6 Å². The molecule has 0 aliphatic heterocycles. The van der Waals surface area contributed by atoms with Crippen molar-refractivity contribution in [1.29, 1.82) is 0 Å². The predicted octanol–water partition coefficient (Wildman–Crippen LogP) is 5.65. The van der Waals surface area contributed by atoms with Crippen LogP contribution in [0.25, 0.3) is 22.4 Å². The maximum absolute atomic E-state index is 14.1. The third-order valence-corrected chi connectivity index (χ3v) is 4.57. The fourth-order valence-electron chi connectivity index (χ4n) is 2.85. The molecule has 24 heavy (non-hydrogen) atoms. The van der Waals surface area contributed by atoms with E-state index in [0.29, 0.717) is 12.1 Å². The fraction of sp³-hybridized carbons (Fsp3) is 0.0500. The molecule has 4 aromatic rings. The van der Waals surface area contributed by atoms with Gasteiger partial charge in [-0.3, -0.25) is 0 Å². The van der Waals surface area contributed by atoms with Gasteiger partial charge in [0.25, 0.3) is 0 Å². The second kappa shape index (κ2) is 6.21. The number of fused-ring (bicyclic) bond motifs is 1. The number of benzene rings is 3. The SMILES string of the molecule is Fc1ccccc1Cn1c(-c2ccc(Br)cc2)nc2ccccc21. The van der Waals surface area contributed by atoms with E-state index in [1.165, 1.54) is 6.07 Å². The van der Waals surface area contributed by atoms with E-state index in [9.17, 15) is 4.39 Å². The summed E-state index contributed by atoms with van der Waals surface area (Å²) in [5, 5.41) is 0. The molecule has 118 valence electrons. The Balaban J connectivity index is 1.90. The Bertz CT molecular complexity index is 1010. The Morgan fingerprint density at radius 1 is 0.875 bits per heavy atom. The van der Waals surface area contributed by atoms with Crippen LogP contribution >= 0.6 is 15.9 Å². The quantitative estimate of drug-likeness (QED) is 0.448. The van der Waals surface area contributed by atoms with Crippen molar-refractivity contribution in [1.82, 2.24) is 9.55 Å². The van der Waals surface area contributed by atoms with E-state index in [2.05, 4.69) is 20.5 Å². The van der Waals surface area contributed by atoms with Crippen LogP contribution in [0.3, 0.4) is 0 Å². The van der Waals surface area contributed by atoms with Crippen molar-refractivity contribution < 1.29 is 4.39 Å². The smallest absolute Gasteiger partial charge is 0.141 e. The molecule has 0 N–H and O–H groups in total. The summed E-state index contributed by atoms with van der Waals surface area (Å²) in [7, 11) is 0. The van der Waals surface area contributed by atoms with Crippen molar-refractivity contribution in [2.24, 2.45) is 0 Å². The zero-order valence-electron chi connectivity index (χ0n) is 12.8. The van der Waals surface area contributed by atoms with Gasteiger partial charge in [0, 0.05) is 15.6 Å². The number of aromatic nitrogens is 2. The Labute approximate surface area is 147 Å². The van der Waals surface area contributed by atoms with Crippen LogP contribution in [0.4, 0.5) is 4.39 Å². The van der Waals surface area contributed by atoms with Crippen molar-refractivity contribution in [2.75, 3.05) is 0 Å². The molecule has 4 rings (SSSR count). The summed E-state index contributed by atoms with van der Waals surface area (Å²) in [6, 6.07) is 22.8. The molecule has 3 aromatic carbocycles. The zero-order valence-corrected chi connectivity index (χ0v) is 14.4. The molecular weight excluding hydrogens is 367 g/mol. The highest BCUT2D eigenvalue weighted by atomic mass is 79.9. The largest absolute Gasteiger partial charge is 0.319 e. The van der Waals surface area contributed by atoms with E-state index in [4.69, 9.17) is 4.98 Å². The molecule has 4 heteroatoms. The Morgan fingerprint density at radius 2 is 1.58 bits per heavy atom. The topological polar surface area (TPSA) is 17.8 Å². The van der Waals surface area contributed by atoms with E-state index >= 15 is 0 Å². The number of hydrogen-bond donors (Lipinski definition) is 0. The first-order valence-electron chi connectivity index (χ1n) is 7.67. The summed E-state index contributed by atoms with van der Waals surface area (Å²) in [6.07, 6.45) is 0. The number of halogens is 2. The van der Waals surface area contributed by atoms with Gasteiger partial charge in [-0.25, -0.2) is 9.37 Å². The molecule has 0 aliphatic carbocycles. The van der Waals surface area contributed by atoms with Gasteiger partial charge in [-0.1, -0.05) is 58.4 Å². The van der Waals surface area contributed by atoms with Crippen LogP contribution in [-0.4, -0.2) is 9.55 Å². The summed E-state index contributed by atoms with van der Waals surface area (Å²) in [5.41, 5.74) is 3.56. The summed E-state index contributed by atoms with van der Waals surface area (Å²) in [4.78, 5) is 4.76. The molecular formula is C20H14BrFN2. The lowest BCUT2D eigenvalue weighted by Gasteiger charge is -2.10. The van der Waals surface area contributed by atoms with Crippen LogP contribution in [0.5, 0.6) is 0 Å². The molecule has 0 radical (unpaired) electrons. The molecule has 0 atom stereocenters. The molecule has 0 saturated carbocycles. The molecule has 2 nitrogen and oxygen atoms in total. The summed E-state index contributed by atoms with van der Waals surface area (Å²) in [6.45, 7) is 0.443. The van der Waals surface area contributed by atoms with Gasteiger partial charge < -0.3 is 4.57 Å². The minimum absolute atomic E-state index is 0.197. The van der Waals surface area contributed by atoms with Crippen molar-refractivity contribution in [2.45, 2.75) is 6.54 Å². The summed E-state index contributed by atoms with van der Waals surface area (Å²) in [5.74, 6) is 0.643. The van der Waals surface area contributed by atoms with Crippen LogP contribution in [0, 0.1) is 5.82 Å². The third kappa shape index (κ3) is 2.74. The van der Waals surface area contributed by atoms with E-state index in [0.717, 1.165) is 26.9 Å². The number of nitrogens with zero attached hydrogens (tertiary/aromatic N) is 2. The molecule has 0 aliphatic rings. The van der Waals surface area contributed by atoms with Gasteiger partial charge >= 0.3 is 0 Å². The standard InChI is InChI=1S/C20H14BrFN2/c21-16-11-9-14(10-12-16)20-23-18-7-3-4-8-19(18)24(20)13-15-5-1-2-6-17(15)22/h1-12H,13H2. The second-order valence-corrected chi connectivity index (χ2v) is 6.52. The Hall–Kier alpha value is -2.46. The molecule has 1 heterocycles. The van der Waals surface area contributed by atoms with Gasteiger partial charge in [-0.05, 0) is 30.3 Å². The predicted molar refractivity (Wildman–Crippen MR) is 98.4 cm³/mol. The van der Waals surface area contributed by atoms with Gasteiger partial charge in [0.2, 0.25) is 0 Å². The van der Waals surface area contributed by atoms with Crippen LogP contribution in [-0.2, 0) is 6.54 Å². The van der Waals surface area contributed by atoms with E-state index in [1.54, 1.807) is 6.07 Å². The molecule has 0 unspecified atom stereocenters. The number of rotatable bonds is 3. The molecule has 0 spiro atoms. The molecule has 0 fully saturated rings. The zero-order chi connectivity index (χ0) is 16.5. The first kappa shape index (κ1) is 15.1. The van der Waals surface area contributed by atoms with Crippen molar-refractivity contribution in [3.63, 3.8) is 0 Å². The minimum Gasteiger partial charge on any atom is -0.319 e. The monoisotopic (exact) mass is 380 g/mol. The minimum atomic E-state index is -0.197. The molecule has 0 amide bonds. The highest BCUT2D eigenvalue weighted by molar-refractivity contribution is 9.10. The van der Waals surface area contributed by atoms with Crippen molar-refractivity contribution in [3.8, 4) is 11.4 Å². The molecule has 1 aromatic heterocycles.